The molecule has 0 spiro atoms. The van der Waals surface area contributed by atoms with Gasteiger partial charge in [-0.2, -0.15) is 11.8 Å². The largest absolute Gasteiger partial charge is 0.297 e. The minimum Gasteiger partial charge on any atom is -0.297 e. The maximum absolute atomic E-state index is 5.38. The molecule has 2 heteroatoms. The van der Waals surface area contributed by atoms with Crippen molar-refractivity contribution in [1.82, 2.24) is 4.90 Å². The van der Waals surface area contributed by atoms with Crippen molar-refractivity contribution < 1.29 is 0 Å². The second kappa shape index (κ2) is 5.25. The predicted octanol–water partition coefficient (Wildman–Crippen LogP) is 2.22. The summed E-state index contributed by atoms with van der Waals surface area (Å²) in [6.45, 7) is 3.44. The third kappa shape index (κ3) is 3.02. The predicted molar refractivity (Wildman–Crippen MR) is 67.0 cm³/mol. The highest BCUT2D eigenvalue weighted by Crippen LogP contribution is 2.13. The average Bonchev–Trinajstić information content (AvgIpc) is 2.31. The molecule has 1 aromatic carbocycles. The molecule has 1 aliphatic rings. The van der Waals surface area contributed by atoms with Crippen LogP contribution in [0.4, 0.5) is 0 Å². The molecule has 1 aromatic rings. The quantitative estimate of drug-likeness (QED) is 0.699. The fourth-order valence-electron chi connectivity index (χ4n) is 1.78. The van der Waals surface area contributed by atoms with Gasteiger partial charge in [-0.3, -0.25) is 4.90 Å². The monoisotopic (exact) mass is 217 g/mol. The van der Waals surface area contributed by atoms with E-state index in [2.05, 4.69) is 23.0 Å². The molecule has 0 bridgehead atoms. The van der Waals surface area contributed by atoms with Crippen molar-refractivity contribution in [3.8, 4) is 12.3 Å². The molecule has 1 fully saturated rings. The van der Waals surface area contributed by atoms with E-state index in [1.165, 1.54) is 30.2 Å². The number of benzene rings is 1. The van der Waals surface area contributed by atoms with Crippen LogP contribution in [0.5, 0.6) is 0 Å². The summed E-state index contributed by atoms with van der Waals surface area (Å²) in [6.07, 6.45) is 5.38. The molecule has 1 saturated heterocycles. The fourth-order valence-corrected chi connectivity index (χ4v) is 2.76. The Hall–Kier alpha value is -0.910. The van der Waals surface area contributed by atoms with Gasteiger partial charge in [0.25, 0.3) is 0 Å². The van der Waals surface area contributed by atoms with Crippen molar-refractivity contribution in [3.05, 3.63) is 35.4 Å². The van der Waals surface area contributed by atoms with E-state index in [9.17, 15) is 0 Å². The van der Waals surface area contributed by atoms with Crippen LogP contribution < -0.4 is 0 Å². The third-order valence-electron chi connectivity index (χ3n) is 2.60. The SMILES string of the molecule is C#Cc1cccc(CN2CCSCC2)c1. The Kier molecular flexibility index (Phi) is 3.71. The number of terminal acetylenes is 1. The maximum Gasteiger partial charge on any atom is 0.0245 e. The molecule has 0 aromatic heterocycles. The van der Waals surface area contributed by atoms with Gasteiger partial charge >= 0.3 is 0 Å². The van der Waals surface area contributed by atoms with E-state index in [0.717, 1.165) is 12.1 Å². The van der Waals surface area contributed by atoms with Crippen LogP contribution in [0.2, 0.25) is 0 Å². The van der Waals surface area contributed by atoms with Gasteiger partial charge in [0, 0.05) is 36.7 Å². The lowest BCUT2D eigenvalue weighted by Gasteiger charge is -2.26. The first-order valence-electron chi connectivity index (χ1n) is 5.24. The summed E-state index contributed by atoms with van der Waals surface area (Å²) in [7, 11) is 0. The second-order valence-corrected chi connectivity index (χ2v) is 4.96. The molecule has 0 aliphatic carbocycles. The van der Waals surface area contributed by atoms with Crippen LogP contribution in [0.15, 0.2) is 24.3 Å². The Morgan fingerprint density at radius 2 is 2.13 bits per heavy atom. The Balaban J connectivity index is 2.00. The van der Waals surface area contributed by atoms with Crippen molar-refractivity contribution in [2.75, 3.05) is 24.6 Å². The second-order valence-electron chi connectivity index (χ2n) is 3.73. The molecule has 0 radical (unpaired) electrons. The minimum absolute atomic E-state index is 0.985. The first-order chi connectivity index (χ1) is 7.38. The van der Waals surface area contributed by atoms with Crippen molar-refractivity contribution in [2.24, 2.45) is 0 Å². The van der Waals surface area contributed by atoms with Gasteiger partial charge in [0.2, 0.25) is 0 Å². The van der Waals surface area contributed by atoms with Crippen LogP contribution in [0.25, 0.3) is 0 Å². The average molecular weight is 217 g/mol. The molecule has 1 heterocycles. The van der Waals surface area contributed by atoms with Crippen LogP contribution >= 0.6 is 11.8 Å². The summed E-state index contributed by atoms with van der Waals surface area (Å²) in [5.74, 6) is 5.20. The first-order valence-corrected chi connectivity index (χ1v) is 6.39. The molecular formula is C13H15NS. The summed E-state index contributed by atoms with van der Waals surface area (Å²) in [4.78, 5) is 2.49. The highest BCUT2D eigenvalue weighted by atomic mass is 32.2. The molecule has 0 unspecified atom stereocenters. The van der Waals surface area contributed by atoms with Gasteiger partial charge in [-0.15, -0.1) is 6.42 Å². The van der Waals surface area contributed by atoms with E-state index >= 15 is 0 Å². The Bertz CT molecular complexity index is 361. The number of nitrogens with zero attached hydrogens (tertiary/aromatic N) is 1. The zero-order chi connectivity index (χ0) is 10.5. The van der Waals surface area contributed by atoms with Gasteiger partial charge in [0.1, 0.15) is 0 Å². The standard InChI is InChI=1S/C13H15NS/c1-2-12-4-3-5-13(10-12)11-14-6-8-15-9-7-14/h1,3-5,10H,6-9,11H2. The Labute approximate surface area is 95.9 Å². The number of rotatable bonds is 2. The van der Waals surface area contributed by atoms with Gasteiger partial charge < -0.3 is 0 Å². The summed E-state index contributed by atoms with van der Waals surface area (Å²) in [5.41, 5.74) is 2.32. The van der Waals surface area contributed by atoms with Crippen LogP contribution in [-0.4, -0.2) is 29.5 Å². The van der Waals surface area contributed by atoms with Crippen LogP contribution in [0, 0.1) is 12.3 Å². The van der Waals surface area contributed by atoms with Crippen LogP contribution in [0.1, 0.15) is 11.1 Å². The van der Waals surface area contributed by atoms with Crippen LogP contribution in [-0.2, 0) is 6.54 Å². The van der Waals surface area contributed by atoms with Gasteiger partial charge in [0.05, 0.1) is 0 Å². The van der Waals surface area contributed by atoms with E-state index in [1.54, 1.807) is 0 Å². The number of hydrogen-bond acceptors (Lipinski definition) is 2. The lowest BCUT2D eigenvalue weighted by molar-refractivity contribution is 0.294. The molecule has 1 nitrogen and oxygen atoms in total. The summed E-state index contributed by atoms with van der Waals surface area (Å²) >= 11 is 2.04. The topological polar surface area (TPSA) is 3.24 Å². The highest BCUT2D eigenvalue weighted by Gasteiger charge is 2.10. The minimum atomic E-state index is 0.985. The zero-order valence-electron chi connectivity index (χ0n) is 8.78. The van der Waals surface area contributed by atoms with Crippen molar-refractivity contribution in [2.45, 2.75) is 6.54 Å². The third-order valence-corrected chi connectivity index (χ3v) is 3.55. The highest BCUT2D eigenvalue weighted by molar-refractivity contribution is 7.99. The van der Waals surface area contributed by atoms with E-state index in [4.69, 9.17) is 6.42 Å². The molecule has 0 N–H and O–H groups in total. The zero-order valence-corrected chi connectivity index (χ0v) is 9.59. The van der Waals surface area contributed by atoms with Crippen molar-refractivity contribution >= 4 is 11.8 Å². The molecule has 0 atom stereocenters. The molecular weight excluding hydrogens is 202 g/mol. The fraction of sp³-hybridized carbons (Fsp3) is 0.385. The van der Waals surface area contributed by atoms with Gasteiger partial charge in [-0.05, 0) is 17.7 Å². The summed E-state index contributed by atoms with van der Waals surface area (Å²) < 4.78 is 0. The van der Waals surface area contributed by atoms with E-state index < -0.39 is 0 Å². The lowest BCUT2D eigenvalue weighted by atomic mass is 10.1. The molecule has 0 saturated carbocycles. The maximum atomic E-state index is 5.38. The smallest absolute Gasteiger partial charge is 0.0245 e. The van der Waals surface area contributed by atoms with E-state index in [1.807, 2.05) is 23.9 Å². The number of hydrogen-bond donors (Lipinski definition) is 0. The molecule has 2 rings (SSSR count). The Morgan fingerprint density at radius 3 is 2.87 bits per heavy atom. The van der Waals surface area contributed by atoms with Gasteiger partial charge in [-0.1, -0.05) is 18.1 Å². The lowest BCUT2D eigenvalue weighted by Crippen LogP contribution is -2.31. The van der Waals surface area contributed by atoms with Crippen molar-refractivity contribution in [1.29, 1.82) is 0 Å². The Morgan fingerprint density at radius 1 is 1.33 bits per heavy atom. The van der Waals surface area contributed by atoms with E-state index in [-0.39, 0.29) is 0 Å². The molecule has 1 aliphatic heterocycles. The normalized spacial score (nSPS) is 17.3. The van der Waals surface area contributed by atoms with Gasteiger partial charge in [0.15, 0.2) is 0 Å². The van der Waals surface area contributed by atoms with E-state index in [0.29, 0.717) is 0 Å². The van der Waals surface area contributed by atoms with Gasteiger partial charge in [-0.25, -0.2) is 0 Å². The molecule has 78 valence electrons. The molecule has 15 heavy (non-hydrogen) atoms. The first kappa shape index (κ1) is 10.6. The molecule has 0 amide bonds. The van der Waals surface area contributed by atoms with Crippen LogP contribution in [0.3, 0.4) is 0 Å². The summed E-state index contributed by atoms with van der Waals surface area (Å²) in [6, 6.07) is 8.29. The van der Waals surface area contributed by atoms with Crippen molar-refractivity contribution in [3.63, 3.8) is 0 Å². The summed E-state index contributed by atoms with van der Waals surface area (Å²) in [5, 5.41) is 0. The number of thioether (sulfide) groups is 1.